The number of aliphatic hydroxyl groups is 1. The van der Waals surface area contributed by atoms with Crippen LogP contribution in [0.3, 0.4) is 0 Å². The molecule has 80 valence electrons. The number of rotatable bonds is 2. The fourth-order valence-electron chi connectivity index (χ4n) is 1.00. The van der Waals surface area contributed by atoms with Gasteiger partial charge in [0.05, 0.1) is 4.88 Å². The van der Waals surface area contributed by atoms with Crippen LogP contribution in [-0.2, 0) is 5.60 Å². The number of hydrogen-bond donors (Lipinski definition) is 2. The first-order chi connectivity index (χ1) is 6.31. The average molecular weight is 243 g/mol. The molecule has 0 aromatic carbocycles. The zero-order chi connectivity index (χ0) is 11.0. The molecule has 1 rings (SSSR count). The molecule has 1 atom stereocenters. The third-order valence-corrected chi connectivity index (χ3v) is 3.26. The maximum absolute atomic E-state index is 12.5. The van der Waals surface area contributed by atoms with Gasteiger partial charge in [0.25, 0.3) is 0 Å². The Kier molecular flexibility index (Phi) is 3.03. The highest BCUT2D eigenvalue weighted by molar-refractivity contribution is 7.73. The zero-order valence-corrected chi connectivity index (χ0v) is 8.82. The molecule has 14 heavy (non-hydrogen) atoms. The number of hydrogen-bond acceptors (Lipinski definition) is 3. The highest BCUT2D eigenvalue weighted by Gasteiger charge is 2.54. The van der Waals surface area contributed by atoms with Crippen LogP contribution in [0.2, 0.25) is 0 Å². The number of thiazole rings is 1. The molecule has 1 aromatic rings. The Bertz CT molecular complexity index is 370. The molecule has 1 aromatic heterocycles. The highest BCUT2D eigenvalue weighted by atomic mass is 32.1. The summed E-state index contributed by atoms with van der Waals surface area (Å²) in [6, 6.07) is 0. The molecule has 0 aliphatic carbocycles. The van der Waals surface area contributed by atoms with Crippen LogP contribution in [-0.4, -0.2) is 16.3 Å². The molecular weight excluding hydrogens is 235 g/mol. The first-order valence-electron chi connectivity index (χ1n) is 3.79. The number of halogens is 3. The van der Waals surface area contributed by atoms with Gasteiger partial charge in [0.1, 0.15) is 0 Å². The van der Waals surface area contributed by atoms with E-state index in [0.717, 1.165) is 17.5 Å². The van der Waals surface area contributed by atoms with Crippen LogP contribution >= 0.6 is 23.6 Å². The van der Waals surface area contributed by atoms with Crippen LogP contribution < -0.4 is 0 Å². The number of aromatic nitrogens is 1. The quantitative estimate of drug-likeness (QED) is 0.783. The predicted molar refractivity (Wildman–Crippen MR) is 49.7 cm³/mol. The predicted octanol–water partition coefficient (Wildman–Crippen LogP) is 2.97. The minimum absolute atomic E-state index is 0.197. The lowest BCUT2D eigenvalue weighted by molar-refractivity contribution is -0.266. The van der Waals surface area contributed by atoms with Crippen molar-refractivity contribution >= 4 is 23.6 Å². The van der Waals surface area contributed by atoms with Crippen molar-refractivity contribution in [3.63, 3.8) is 0 Å². The van der Waals surface area contributed by atoms with E-state index in [-0.39, 0.29) is 8.83 Å². The molecule has 0 amide bonds. The van der Waals surface area contributed by atoms with E-state index in [1.165, 1.54) is 6.92 Å². The fourth-order valence-corrected chi connectivity index (χ4v) is 2.19. The highest BCUT2D eigenvalue weighted by Crippen LogP contribution is 2.42. The van der Waals surface area contributed by atoms with Crippen LogP contribution in [0.25, 0.3) is 0 Å². The van der Waals surface area contributed by atoms with E-state index in [0.29, 0.717) is 0 Å². The summed E-state index contributed by atoms with van der Waals surface area (Å²) in [6.45, 7) is 1.27. The normalized spacial score (nSPS) is 16.6. The monoisotopic (exact) mass is 243 g/mol. The summed E-state index contributed by atoms with van der Waals surface area (Å²) < 4.78 is 37.7. The second kappa shape index (κ2) is 3.63. The summed E-state index contributed by atoms with van der Waals surface area (Å²) in [5.41, 5.74) is -2.79. The van der Waals surface area contributed by atoms with Crippen molar-refractivity contribution in [1.82, 2.24) is 4.98 Å². The lowest BCUT2D eigenvalue weighted by atomic mass is 9.99. The molecule has 0 aliphatic heterocycles. The van der Waals surface area contributed by atoms with Crippen LogP contribution in [0.5, 0.6) is 0 Å². The van der Waals surface area contributed by atoms with Gasteiger partial charge in [0.15, 0.2) is 9.56 Å². The van der Waals surface area contributed by atoms with Gasteiger partial charge >= 0.3 is 6.18 Å². The molecule has 0 aliphatic rings. The molecule has 0 fully saturated rings. The summed E-state index contributed by atoms with van der Waals surface area (Å²) in [6.07, 6.45) is -4.01. The minimum Gasteiger partial charge on any atom is -0.376 e. The largest absolute Gasteiger partial charge is 0.422 e. The average Bonchev–Trinajstić information content (AvgIpc) is 2.48. The maximum atomic E-state index is 12.5. The second-order valence-corrected chi connectivity index (χ2v) is 4.47. The summed E-state index contributed by atoms with van der Waals surface area (Å²) in [4.78, 5) is 2.26. The van der Waals surface area contributed by atoms with E-state index in [1.54, 1.807) is 0 Å². The van der Waals surface area contributed by atoms with Crippen molar-refractivity contribution in [1.29, 1.82) is 0 Å². The van der Waals surface area contributed by atoms with Crippen molar-refractivity contribution in [3.8, 4) is 0 Å². The summed E-state index contributed by atoms with van der Waals surface area (Å²) >= 11 is 5.39. The first kappa shape index (κ1) is 11.7. The third-order valence-electron chi connectivity index (χ3n) is 1.91. The third kappa shape index (κ3) is 1.84. The number of alkyl halides is 3. The van der Waals surface area contributed by atoms with Gasteiger partial charge in [-0.3, -0.25) is 0 Å². The van der Waals surface area contributed by atoms with Crippen molar-refractivity contribution in [2.45, 2.75) is 25.1 Å². The SMILES string of the molecule is CCC(O)(c1c[nH]c(=S)s1)C(F)(F)F. The topological polar surface area (TPSA) is 36.0 Å². The van der Waals surface area contributed by atoms with Crippen LogP contribution in [0, 0.1) is 3.95 Å². The number of H-pyrrole nitrogens is 1. The maximum Gasteiger partial charge on any atom is 0.422 e. The van der Waals surface area contributed by atoms with Crippen molar-refractivity contribution in [2.75, 3.05) is 0 Å². The molecule has 0 saturated heterocycles. The van der Waals surface area contributed by atoms with E-state index < -0.39 is 18.2 Å². The Hall–Kier alpha value is -0.400. The summed E-state index contributed by atoms with van der Waals surface area (Å²) in [5, 5.41) is 9.46. The lowest BCUT2D eigenvalue weighted by Crippen LogP contribution is -2.40. The van der Waals surface area contributed by atoms with Gasteiger partial charge in [-0.15, -0.1) is 11.3 Å². The Morgan fingerprint density at radius 2 is 2.14 bits per heavy atom. The smallest absolute Gasteiger partial charge is 0.376 e. The van der Waals surface area contributed by atoms with Gasteiger partial charge in [-0.25, -0.2) is 0 Å². The number of aromatic amines is 1. The standard InChI is InChI=1S/C7H8F3NOS2/c1-2-6(12,7(8,9)10)4-3-11-5(13)14-4/h3,12H,2H2,1H3,(H,11,13). The Labute approximate surface area is 87.4 Å². The summed E-state index contributed by atoms with van der Waals surface area (Å²) in [7, 11) is 0. The zero-order valence-electron chi connectivity index (χ0n) is 7.18. The van der Waals surface area contributed by atoms with E-state index in [9.17, 15) is 18.3 Å². The Morgan fingerprint density at radius 1 is 1.57 bits per heavy atom. The van der Waals surface area contributed by atoms with Gasteiger partial charge in [-0.2, -0.15) is 13.2 Å². The fraction of sp³-hybridized carbons (Fsp3) is 0.571. The molecule has 1 unspecified atom stereocenters. The van der Waals surface area contributed by atoms with Crippen molar-refractivity contribution in [3.05, 3.63) is 15.0 Å². The first-order valence-corrected chi connectivity index (χ1v) is 5.02. The van der Waals surface area contributed by atoms with Gasteiger partial charge in [0, 0.05) is 6.20 Å². The Balaban J connectivity index is 3.21. The minimum atomic E-state index is -4.68. The van der Waals surface area contributed by atoms with Crippen LogP contribution in [0.1, 0.15) is 18.2 Å². The van der Waals surface area contributed by atoms with Gasteiger partial charge in [-0.05, 0) is 18.6 Å². The molecule has 0 radical (unpaired) electrons. The van der Waals surface area contributed by atoms with E-state index in [2.05, 4.69) is 17.2 Å². The molecule has 2 N–H and O–H groups in total. The Morgan fingerprint density at radius 3 is 2.43 bits per heavy atom. The van der Waals surface area contributed by atoms with E-state index in [1.807, 2.05) is 0 Å². The van der Waals surface area contributed by atoms with E-state index >= 15 is 0 Å². The van der Waals surface area contributed by atoms with Gasteiger partial charge in [0.2, 0.25) is 0 Å². The lowest BCUT2D eigenvalue weighted by Gasteiger charge is -2.27. The molecule has 0 saturated carbocycles. The van der Waals surface area contributed by atoms with Gasteiger partial charge in [-0.1, -0.05) is 6.92 Å². The molecule has 1 heterocycles. The second-order valence-electron chi connectivity index (χ2n) is 2.75. The van der Waals surface area contributed by atoms with Crippen molar-refractivity contribution < 1.29 is 18.3 Å². The number of nitrogens with one attached hydrogen (secondary N) is 1. The molecular formula is C7H8F3NOS2. The van der Waals surface area contributed by atoms with Crippen molar-refractivity contribution in [2.24, 2.45) is 0 Å². The molecule has 7 heteroatoms. The van der Waals surface area contributed by atoms with E-state index in [4.69, 9.17) is 0 Å². The molecule has 2 nitrogen and oxygen atoms in total. The molecule has 0 bridgehead atoms. The van der Waals surface area contributed by atoms with Crippen LogP contribution in [0.15, 0.2) is 6.20 Å². The van der Waals surface area contributed by atoms with Gasteiger partial charge < -0.3 is 10.1 Å². The summed E-state index contributed by atoms with van der Waals surface area (Å²) in [5.74, 6) is 0. The van der Waals surface area contributed by atoms with Crippen LogP contribution in [0.4, 0.5) is 13.2 Å². The molecule has 0 spiro atoms.